The van der Waals surface area contributed by atoms with Crippen molar-refractivity contribution in [3.8, 4) is 5.75 Å². The van der Waals surface area contributed by atoms with Crippen molar-refractivity contribution in [1.29, 1.82) is 0 Å². The zero-order valence-corrected chi connectivity index (χ0v) is 13.1. The first-order valence-electron chi connectivity index (χ1n) is 7.58. The summed E-state index contributed by atoms with van der Waals surface area (Å²) in [5.41, 5.74) is -0.220. The van der Waals surface area contributed by atoms with Gasteiger partial charge in [0.15, 0.2) is 0 Å². The van der Waals surface area contributed by atoms with Crippen molar-refractivity contribution in [1.82, 2.24) is 9.97 Å². The monoisotopic (exact) mass is 338 g/mol. The van der Waals surface area contributed by atoms with Gasteiger partial charge in [-0.2, -0.15) is 18.2 Å². The summed E-state index contributed by atoms with van der Waals surface area (Å²) in [5.74, 6) is 0.588. The molecule has 0 unspecified atom stereocenters. The van der Waals surface area contributed by atoms with Gasteiger partial charge in [-0.05, 0) is 25.0 Å². The maximum atomic E-state index is 13.2. The third-order valence-corrected chi connectivity index (χ3v) is 3.83. The molecule has 1 aliphatic heterocycles. The molecule has 2 heterocycles. The molecule has 5 nitrogen and oxygen atoms in total. The van der Waals surface area contributed by atoms with Gasteiger partial charge < -0.3 is 15.0 Å². The molecule has 24 heavy (non-hydrogen) atoms. The highest BCUT2D eigenvalue weighted by Crippen LogP contribution is 2.37. The van der Waals surface area contributed by atoms with Gasteiger partial charge in [0.1, 0.15) is 17.1 Å². The van der Waals surface area contributed by atoms with Crippen LogP contribution in [0.3, 0.4) is 0 Å². The first kappa shape index (κ1) is 16.4. The minimum atomic E-state index is -4.49. The summed E-state index contributed by atoms with van der Waals surface area (Å²) in [7, 11) is 1.52. The lowest BCUT2D eigenvalue weighted by Crippen LogP contribution is -2.24. The molecule has 0 spiro atoms. The minimum absolute atomic E-state index is 0.0765. The molecule has 128 valence electrons. The number of alkyl halides is 3. The Morgan fingerprint density at radius 2 is 1.88 bits per heavy atom. The van der Waals surface area contributed by atoms with E-state index in [1.54, 1.807) is 29.2 Å². The van der Waals surface area contributed by atoms with Gasteiger partial charge in [0.2, 0.25) is 5.95 Å². The number of anilines is 3. The zero-order valence-electron chi connectivity index (χ0n) is 13.1. The smallest absolute Gasteiger partial charge is 0.421 e. The molecular formula is C16H17F3N4O. The lowest BCUT2D eigenvalue weighted by molar-refractivity contribution is -0.137. The number of methoxy groups -OCH3 is 1. The second-order valence-electron chi connectivity index (χ2n) is 5.45. The molecule has 0 radical (unpaired) electrons. The summed E-state index contributed by atoms with van der Waals surface area (Å²) >= 11 is 0. The number of rotatable bonds is 4. The van der Waals surface area contributed by atoms with Crippen LogP contribution >= 0.6 is 0 Å². The van der Waals surface area contributed by atoms with Crippen molar-refractivity contribution in [3.63, 3.8) is 0 Å². The molecule has 0 saturated carbocycles. The Morgan fingerprint density at radius 1 is 1.17 bits per heavy atom. The third-order valence-electron chi connectivity index (χ3n) is 3.83. The number of nitrogens with zero attached hydrogens (tertiary/aromatic N) is 3. The number of halogens is 3. The van der Waals surface area contributed by atoms with Gasteiger partial charge in [-0.25, -0.2) is 4.98 Å². The van der Waals surface area contributed by atoms with E-state index in [1.807, 2.05) is 0 Å². The molecule has 0 amide bonds. The van der Waals surface area contributed by atoms with Crippen LogP contribution < -0.4 is 15.0 Å². The lowest BCUT2D eigenvalue weighted by Gasteiger charge is -2.21. The number of para-hydroxylation sites is 2. The van der Waals surface area contributed by atoms with Crippen molar-refractivity contribution in [3.05, 3.63) is 36.0 Å². The Kier molecular flexibility index (Phi) is 4.46. The molecule has 2 aromatic rings. The molecule has 1 N–H and O–H groups in total. The molecule has 1 aromatic heterocycles. The number of benzene rings is 1. The van der Waals surface area contributed by atoms with Gasteiger partial charge in [0.25, 0.3) is 0 Å². The van der Waals surface area contributed by atoms with E-state index >= 15 is 0 Å². The fourth-order valence-corrected chi connectivity index (χ4v) is 2.67. The van der Waals surface area contributed by atoms with Crippen molar-refractivity contribution >= 4 is 17.5 Å². The molecule has 0 atom stereocenters. The molecule has 0 aliphatic carbocycles. The molecule has 0 bridgehead atoms. The van der Waals surface area contributed by atoms with Crippen LogP contribution in [-0.2, 0) is 6.18 Å². The topological polar surface area (TPSA) is 50.3 Å². The molecule has 1 fully saturated rings. The number of aromatic nitrogens is 2. The Morgan fingerprint density at radius 3 is 2.54 bits per heavy atom. The quantitative estimate of drug-likeness (QED) is 0.918. The van der Waals surface area contributed by atoms with Crippen molar-refractivity contribution in [2.75, 3.05) is 30.4 Å². The van der Waals surface area contributed by atoms with E-state index in [1.165, 1.54) is 7.11 Å². The summed E-state index contributed by atoms with van der Waals surface area (Å²) in [5, 5.41) is 2.92. The first-order valence-corrected chi connectivity index (χ1v) is 7.58. The van der Waals surface area contributed by atoms with Gasteiger partial charge >= 0.3 is 6.18 Å². The van der Waals surface area contributed by atoms with Crippen LogP contribution in [0.2, 0.25) is 0 Å². The highest BCUT2D eigenvalue weighted by Gasteiger charge is 2.37. The lowest BCUT2D eigenvalue weighted by atomic mass is 10.2. The van der Waals surface area contributed by atoms with Gasteiger partial charge in [0, 0.05) is 19.3 Å². The predicted molar refractivity (Wildman–Crippen MR) is 84.8 cm³/mol. The average Bonchev–Trinajstić information content (AvgIpc) is 3.08. The van der Waals surface area contributed by atoms with Gasteiger partial charge in [-0.1, -0.05) is 12.1 Å². The van der Waals surface area contributed by atoms with Gasteiger partial charge in [-0.15, -0.1) is 0 Å². The summed E-state index contributed by atoms with van der Waals surface area (Å²) in [6, 6.07) is 7.08. The highest BCUT2D eigenvalue weighted by molar-refractivity contribution is 5.63. The zero-order chi connectivity index (χ0) is 17.2. The number of hydrogen-bond acceptors (Lipinski definition) is 5. The number of ether oxygens (including phenoxy) is 1. The van der Waals surface area contributed by atoms with Crippen LogP contribution in [0.15, 0.2) is 30.5 Å². The Hall–Kier alpha value is -2.51. The Labute approximate surface area is 137 Å². The average molecular weight is 338 g/mol. The minimum Gasteiger partial charge on any atom is -0.495 e. The fraction of sp³-hybridized carbons (Fsp3) is 0.375. The van der Waals surface area contributed by atoms with E-state index in [2.05, 4.69) is 15.3 Å². The van der Waals surface area contributed by atoms with E-state index < -0.39 is 11.7 Å². The highest BCUT2D eigenvalue weighted by atomic mass is 19.4. The standard InChI is InChI=1S/C16H17F3N4O/c1-24-13-7-3-2-6-12(13)21-15-20-10-11(16(17,18)19)14(22-15)23-8-4-5-9-23/h2-3,6-7,10H,4-5,8-9H2,1H3,(H,20,21,22). The van der Waals surface area contributed by atoms with E-state index in [4.69, 9.17) is 4.74 Å². The Balaban J connectivity index is 1.96. The number of nitrogens with one attached hydrogen (secondary N) is 1. The summed E-state index contributed by atoms with van der Waals surface area (Å²) < 4.78 is 44.9. The van der Waals surface area contributed by atoms with Crippen molar-refractivity contribution in [2.24, 2.45) is 0 Å². The molecule has 1 aromatic carbocycles. The maximum absolute atomic E-state index is 13.2. The van der Waals surface area contributed by atoms with Crippen LogP contribution in [0, 0.1) is 0 Å². The SMILES string of the molecule is COc1ccccc1Nc1ncc(C(F)(F)F)c(N2CCCC2)n1. The summed E-state index contributed by atoms with van der Waals surface area (Å²) in [4.78, 5) is 9.59. The maximum Gasteiger partial charge on any atom is 0.421 e. The molecule has 8 heteroatoms. The summed E-state index contributed by atoms with van der Waals surface area (Å²) in [6.07, 6.45) is -1.94. The van der Waals surface area contributed by atoms with Gasteiger partial charge in [-0.3, -0.25) is 0 Å². The van der Waals surface area contributed by atoms with Crippen molar-refractivity contribution < 1.29 is 17.9 Å². The van der Waals surface area contributed by atoms with Gasteiger partial charge in [0.05, 0.1) is 12.8 Å². The molecule has 3 rings (SSSR count). The predicted octanol–water partition coefficient (Wildman–Crippen LogP) is 3.85. The first-order chi connectivity index (χ1) is 11.5. The Bertz CT molecular complexity index is 715. The van der Waals surface area contributed by atoms with Crippen LogP contribution in [0.4, 0.5) is 30.6 Å². The third kappa shape index (κ3) is 3.37. The van der Waals surface area contributed by atoms with Crippen LogP contribution in [0.1, 0.15) is 18.4 Å². The van der Waals surface area contributed by atoms with Crippen LogP contribution in [-0.4, -0.2) is 30.2 Å². The van der Waals surface area contributed by atoms with Crippen molar-refractivity contribution in [2.45, 2.75) is 19.0 Å². The normalized spacial score (nSPS) is 14.8. The molecular weight excluding hydrogens is 321 g/mol. The molecule has 1 aliphatic rings. The second kappa shape index (κ2) is 6.54. The van der Waals surface area contributed by atoms with E-state index in [9.17, 15) is 13.2 Å². The van der Waals surface area contributed by atoms with Crippen LogP contribution in [0.25, 0.3) is 0 Å². The number of hydrogen-bond donors (Lipinski definition) is 1. The largest absolute Gasteiger partial charge is 0.495 e. The summed E-state index contributed by atoms with van der Waals surface area (Å²) in [6.45, 7) is 1.13. The van der Waals surface area contributed by atoms with E-state index in [0.717, 1.165) is 19.0 Å². The second-order valence-corrected chi connectivity index (χ2v) is 5.45. The van der Waals surface area contributed by atoms with E-state index in [0.29, 0.717) is 24.5 Å². The van der Waals surface area contributed by atoms with Crippen LogP contribution in [0.5, 0.6) is 5.75 Å². The fourth-order valence-electron chi connectivity index (χ4n) is 2.67. The van der Waals surface area contributed by atoms with E-state index in [-0.39, 0.29) is 11.8 Å². The molecule has 1 saturated heterocycles.